The third-order valence-electron chi connectivity index (χ3n) is 3.72. The fourth-order valence-electron chi connectivity index (χ4n) is 2.32. The minimum absolute atomic E-state index is 0.0380. The van der Waals surface area contributed by atoms with Crippen LogP contribution < -0.4 is 4.72 Å². The second-order valence-electron chi connectivity index (χ2n) is 5.34. The minimum Gasteiger partial charge on any atom is -0.375 e. The Kier molecular flexibility index (Phi) is 5.51. The molecule has 0 aliphatic carbocycles. The maximum atomic E-state index is 13.3. The van der Waals surface area contributed by atoms with Crippen LogP contribution >= 0.6 is 0 Å². The third kappa shape index (κ3) is 4.16. The lowest BCUT2D eigenvalue weighted by Crippen LogP contribution is -2.29. The summed E-state index contributed by atoms with van der Waals surface area (Å²) >= 11 is 0. The van der Waals surface area contributed by atoms with Gasteiger partial charge in [-0.1, -0.05) is 24.3 Å². The zero-order chi connectivity index (χ0) is 17.0. The van der Waals surface area contributed by atoms with Gasteiger partial charge in [0.05, 0.1) is 11.0 Å². The van der Waals surface area contributed by atoms with E-state index in [2.05, 4.69) is 4.72 Å². The molecular weight excluding hydrogens is 317 g/mol. The van der Waals surface area contributed by atoms with Gasteiger partial charge in [0.25, 0.3) is 0 Å². The van der Waals surface area contributed by atoms with Gasteiger partial charge in [-0.25, -0.2) is 17.5 Å². The summed E-state index contributed by atoms with van der Waals surface area (Å²) in [6.07, 6.45) is -0.396. The SMILES string of the molecule is COC(CNS(=O)(=O)c1ccc(F)c(C)c1)c1ccccc1C. The Bertz CT molecular complexity index is 790. The Morgan fingerprint density at radius 2 is 1.83 bits per heavy atom. The first-order chi connectivity index (χ1) is 10.8. The van der Waals surface area contributed by atoms with Crippen LogP contribution in [0.2, 0.25) is 0 Å². The fourth-order valence-corrected chi connectivity index (χ4v) is 3.44. The quantitative estimate of drug-likeness (QED) is 0.881. The number of nitrogens with one attached hydrogen (secondary N) is 1. The molecule has 0 radical (unpaired) electrons. The first kappa shape index (κ1) is 17.6. The summed E-state index contributed by atoms with van der Waals surface area (Å²) in [6, 6.07) is 11.4. The molecule has 1 atom stereocenters. The van der Waals surface area contributed by atoms with E-state index in [1.807, 2.05) is 31.2 Å². The lowest BCUT2D eigenvalue weighted by Gasteiger charge is -2.18. The highest BCUT2D eigenvalue weighted by Gasteiger charge is 2.19. The predicted octanol–water partition coefficient (Wildman–Crippen LogP) is 3.11. The van der Waals surface area contributed by atoms with Gasteiger partial charge in [0.15, 0.2) is 0 Å². The molecule has 1 N–H and O–H groups in total. The second kappa shape index (κ2) is 7.21. The van der Waals surface area contributed by atoms with Crippen molar-refractivity contribution in [2.24, 2.45) is 0 Å². The van der Waals surface area contributed by atoms with Crippen LogP contribution in [-0.2, 0) is 14.8 Å². The van der Waals surface area contributed by atoms with Gasteiger partial charge in [-0.05, 0) is 48.7 Å². The van der Waals surface area contributed by atoms with Crippen molar-refractivity contribution in [3.63, 3.8) is 0 Å². The van der Waals surface area contributed by atoms with Crippen molar-refractivity contribution >= 4 is 10.0 Å². The summed E-state index contributed by atoms with van der Waals surface area (Å²) in [7, 11) is -2.19. The molecule has 0 aliphatic heterocycles. The van der Waals surface area contributed by atoms with Crippen molar-refractivity contribution in [3.8, 4) is 0 Å². The van der Waals surface area contributed by atoms with Gasteiger partial charge in [0.1, 0.15) is 5.82 Å². The molecule has 0 heterocycles. The van der Waals surface area contributed by atoms with E-state index in [4.69, 9.17) is 4.74 Å². The number of hydrogen-bond acceptors (Lipinski definition) is 3. The van der Waals surface area contributed by atoms with Crippen molar-refractivity contribution in [3.05, 3.63) is 65.0 Å². The normalized spacial score (nSPS) is 13.0. The Morgan fingerprint density at radius 1 is 1.13 bits per heavy atom. The average molecular weight is 337 g/mol. The fraction of sp³-hybridized carbons (Fsp3) is 0.294. The first-order valence-corrected chi connectivity index (χ1v) is 8.67. The van der Waals surface area contributed by atoms with E-state index < -0.39 is 21.9 Å². The summed E-state index contributed by atoms with van der Waals surface area (Å²) < 4.78 is 45.9. The van der Waals surface area contributed by atoms with Crippen LogP contribution in [0, 0.1) is 19.7 Å². The maximum absolute atomic E-state index is 13.3. The molecule has 0 amide bonds. The summed E-state index contributed by atoms with van der Waals surface area (Å²) in [6.45, 7) is 3.57. The van der Waals surface area contributed by atoms with Gasteiger partial charge in [-0.3, -0.25) is 0 Å². The van der Waals surface area contributed by atoms with Crippen molar-refractivity contribution in [1.82, 2.24) is 4.72 Å². The first-order valence-electron chi connectivity index (χ1n) is 7.19. The molecule has 2 rings (SSSR count). The topological polar surface area (TPSA) is 55.4 Å². The van der Waals surface area contributed by atoms with E-state index >= 15 is 0 Å². The molecule has 0 aromatic heterocycles. The van der Waals surface area contributed by atoms with Gasteiger partial charge in [0, 0.05) is 13.7 Å². The summed E-state index contributed by atoms with van der Waals surface area (Å²) in [5.41, 5.74) is 2.24. The van der Waals surface area contributed by atoms with Crippen LogP contribution in [0.1, 0.15) is 22.8 Å². The molecule has 23 heavy (non-hydrogen) atoms. The summed E-state index contributed by atoms with van der Waals surface area (Å²) in [5, 5.41) is 0. The molecule has 1 unspecified atom stereocenters. The molecule has 2 aromatic rings. The molecule has 0 spiro atoms. The van der Waals surface area contributed by atoms with E-state index in [-0.39, 0.29) is 17.0 Å². The van der Waals surface area contributed by atoms with E-state index in [0.717, 1.165) is 17.2 Å². The highest BCUT2D eigenvalue weighted by molar-refractivity contribution is 7.89. The second-order valence-corrected chi connectivity index (χ2v) is 7.11. The molecule has 6 heteroatoms. The van der Waals surface area contributed by atoms with Gasteiger partial charge in [-0.2, -0.15) is 0 Å². The third-order valence-corrected chi connectivity index (χ3v) is 5.14. The summed E-state index contributed by atoms with van der Waals surface area (Å²) in [5.74, 6) is -0.432. The van der Waals surface area contributed by atoms with Gasteiger partial charge in [-0.15, -0.1) is 0 Å². The van der Waals surface area contributed by atoms with Crippen LogP contribution in [-0.4, -0.2) is 22.1 Å². The molecule has 0 aliphatic rings. The van der Waals surface area contributed by atoms with E-state index in [9.17, 15) is 12.8 Å². The zero-order valence-electron chi connectivity index (χ0n) is 13.3. The lowest BCUT2D eigenvalue weighted by atomic mass is 10.0. The molecule has 0 fully saturated rings. The number of methoxy groups -OCH3 is 1. The van der Waals surface area contributed by atoms with Crippen molar-refractivity contribution in [2.75, 3.05) is 13.7 Å². The number of sulfonamides is 1. The van der Waals surface area contributed by atoms with Crippen molar-refractivity contribution in [2.45, 2.75) is 24.8 Å². The smallest absolute Gasteiger partial charge is 0.240 e. The molecule has 2 aromatic carbocycles. The van der Waals surface area contributed by atoms with E-state index in [1.54, 1.807) is 0 Å². The largest absolute Gasteiger partial charge is 0.375 e. The standard InChI is InChI=1S/C17H20FNO3S/c1-12-6-4-5-7-15(12)17(22-3)11-19-23(20,21)14-8-9-16(18)13(2)10-14/h4-10,17,19H,11H2,1-3H3. The van der Waals surface area contributed by atoms with Crippen LogP contribution in [0.3, 0.4) is 0 Å². The summed E-state index contributed by atoms with van der Waals surface area (Å²) in [4.78, 5) is 0.0380. The Morgan fingerprint density at radius 3 is 2.43 bits per heavy atom. The number of benzene rings is 2. The van der Waals surface area contributed by atoms with Crippen LogP contribution in [0.5, 0.6) is 0 Å². The lowest BCUT2D eigenvalue weighted by molar-refractivity contribution is 0.107. The molecule has 0 saturated heterocycles. The molecule has 4 nitrogen and oxygen atoms in total. The van der Waals surface area contributed by atoms with Crippen LogP contribution in [0.25, 0.3) is 0 Å². The predicted molar refractivity (Wildman–Crippen MR) is 87.3 cm³/mol. The average Bonchev–Trinajstić information content (AvgIpc) is 2.52. The van der Waals surface area contributed by atoms with Crippen LogP contribution in [0.4, 0.5) is 4.39 Å². The number of ether oxygens (including phenoxy) is 1. The Labute approximate surface area is 136 Å². The van der Waals surface area contributed by atoms with E-state index in [1.165, 1.54) is 26.2 Å². The monoisotopic (exact) mass is 337 g/mol. The number of aryl methyl sites for hydroxylation is 2. The molecular formula is C17H20FNO3S. The number of rotatable bonds is 6. The Hall–Kier alpha value is -1.76. The molecule has 124 valence electrons. The number of halogens is 1. The van der Waals surface area contributed by atoms with Crippen LogP contribution in [0.15, 0.2) is 47.4 Å². The maximum Gasteiger partial charge on any atom is 0.240 e. The minimum atomic E-state index is -3.72. The molecule has 0 saturated carbocycles. The Balaban J connectivity index is 2.17. The zero-order valence-corrected chi connectivity index (χ0v) is 14.2. The van der Waals surface area contributed by atoms with Gasteiger partial charge >= 0.3 is 0 Å². The highest BCUT2D eigenvalue weighted by Crippen LogP contribution is 2.21. The van der Waals surface area contributed by atoms with Crippen molar-refractivity contribution < 1.29 is 17.5 Å². The van der Waals surface area contributed by atoms with E-state index in [0.29, 0.717) is 0 Å². The van der Waals surface area contributed by atoms with Gasteiger partial charge < -0.3 is 4.74 Å². The van der Waals surface area contributed by atoms with Gasteiger partial charge in [0.2, 0.25) is 10.0 Å². The molecule has 0 bridgehead atoms. The highest BCUT2D eigenvalue weighted by atomic mass is 32.2. The van der Waals surface area contributed by atoms with Crippen molar-refractivity contribution in [1.29, 1.82) is 0 Å². The number of hydrogen-bond donors (Lipinski definition) is 1.